The van der Waals surface area contributed by atoms with Gasteiger partial charge in [0.25, 0.3) is 0 Å². The lowest BCUT2D eigenvalue weighted by atomic mass is 10.2. The van der Waals surface area contributed by atoms with Crippen LogP contribution < -0.4 is 15.2 Å². The van der Waals surface area contributed by atoms with Crippen LogP contribution in [0.1, 0.15) is 13.8 Å². The van der Waals surface area contributed by atoms with Crippen molar-refractivity contribution in [3.8, 4) is 5.75 Å². The van der Waals surface area contributed by atoms with Gasteiger partial charge in [-0.1, -0.05) is 11.6 Å². The molecule has 20 heavy (non-hydrogen) atoms. The van der Waals surface area contributed by atoms with Crippen LogP contribution in [0.4, 0.5) is 24.5 Å². The SMILES string of the molecule is COc1ccc2c(c1)N=C(C(F)(F)F)NN2C(C)(C)Cl. The first kappa shape index (κ1) is 14.8. The highest BCUT2D eigenvalue weighted by Crippen LogP contribution is 2.40. The highest BCUT2D eigenvalue weighted by molar-refractivity contribution is 6.25. The molecule has 0 saturated carbocycles. The van der Waals surface area contributed by atoms with E-state index >= 15 is 0 Å². The second-order valence-corrected chi connectivity index (χ2v) is 5.59. The third kappa shape index (κ3) is 2.77. The Hall–Kier alpha value is -1.63. The number of halogens is 4. The van der Waals surface area contributed by atoms with E-state index in [1.165, 1.54) is 18.2 Å². The zero-order valence-electron chi connectivity index (χ0n) is 11.0. The molecule has 1 heterocycles. The first-order chi connectivity index (χ1) is 9.13. The predicted molar refractivity (Wildman–Crippen MR) is 71.7 cm³/mol. The van der Waals surface area contributed by atoms with Crippen molar-refractivity contribution < 1.29 is 17.9 Å². The molecule has 1 aromatic rings. The van der Waals surface area contributed by atoms with E-state index < -0.39 is 17.0 Å². The summed E-state index contributed by atoms with van der Waals surface area (Å²) in [5.74, 6) is -0.699. The van der Waals surface area contributed by atoms with Gasteiger partial charge in [-0.3, -0.25) is 10.4 Å². The number of nitrogens with one attached hydrogen (secondary N) is 1. The molecule has 0 fully saturated rings. The summed E-state index contributed by atoms with van der Waals surface area (Å²) in [6.07, 6.45) is -4.60. The van der Waals surface area contributed by atoms with Gasteiger partial charge in [0.1, 0.15) is 10.7 Å². The van der Waals surface area contributed by atoms with Crippen LogP contribution in [0.5, 0.6) is 5.75 Å². The van der Waals surface area contributed by atoms with Crippen molar-refractivity contribution in [1.82, 2.24) is 5.43 Å². The molecule has 1 N–H and O–H groups in total. The van der Waals surface area contributed by atoms with E-state index in [1.807, 2.05) is 0 Å². The summed E-state index contributed by atoms with van der Waals surface area (Å²) >= 11 is 6.14. The van der Waals surface area contributed by atoms with Gasteiger partial charge in [0.2, 0.25) is 5.84 Å². The molecule has 0 radical (unpaired) electrons. The second-order valence-electron chi connectivity index (χ2n) is 4.67. The highest BCUT2D eigenvalue weighted by atomic mass is 35.5. The molecule has 1 aliphatic heterocycles. The van der Waals surface area contributed by atoms with E-state index in [-0.39, 0.29) is 5.69 Å². The van der Waals surface area contributed by atoms with Crippen molar-refractivity contribution in [2.45, 2.75) is 25.0 Å². The number of anilines is 1. The monoisotopic (exact) mass is 307 g/mol. The first-order valence-electron chi connectivity index (χ1n) is 5.72. The van der Waals surface area contributed by atoms with Gasteiger partial charge in [0.05, 0.1) is 18.5 Å². The number of hydrazine groups is 1. The number of alkyl halides is 4. The molecule has 2 rings (SSSR count). The lowest BCUT2D eigenvalue weighted by Gasteiger charge is -2.39. The summed E-state index contributed by atoms with van der Waals surface area (Å²) in [4.78, 5) is 2.52. The van der Waals surface area contributed by atoms with Crippen LogP contribution in [0.3, 0.4) is 0 Å². The van der Waals surface area contributed by atoms with E-state index in [4.69, 9.17) is 16.3 Å². The number of amidine groups is 1. The maximum atomic E-state index is 12.9. The van der Waals surface area contributed by atoms with Crippen LogP contribution in [0, 0.1) is 0 Å². The van der Waals surface area contributed by atoms with Gasteiger partial charge in [-0.2, -0.15) is 13.2 Å². The molecule has 0 unspecified atom stereocenters. The molecule has 0 spiro atoms. The zero-order chi connectivity index (χ0) is 15.1. The molecule has 1 aromatic carbocycles. The fraction of sp³-hybridized carbons (Fsp3) is 0.417. The summed E-state index contributed by atoms with van der Waals surface area (Å²) in [5, 5.41) is 1.22. The van der Waals surface area contributed by atoms with Crippen molar-refractivity contribution in [2.75, 3.05) is 12.1 Å². The number of nitrogens with zero attached hydrogens (tertiary/aromatic N) is 2. The van der Waals surface area contributed by atoms with Gasteiger partial charge in [0, 0.05) is 6.07 Å². The number of aliphatic imine (C=N–C) groups is 1. The number of ether oxygens (including phenoxy) is 1. The largest absolute Gasteiger partial charge is 0.497 e. The Morgan fingerprint density at radius 1 is 1.30 bits per heavy atom. The number of rotatable bonds is 2. The molecule has 0 bridgehead atoms. The molecule has 0 amide bonds. The Bertz CT molecular complexity index is 552. The van der Waals surface area contributed by atoms with E-state index in [0.29, 0.717) is 11.4 Å². The molecule has 0 aliphatic carbocycles. The molecule has 0 saturated heterocycles. The van der Waals surface area contributed by atoms with Crippen molar-refractivity contribution in [3.05, 3.63) is 18.2 Å². The van der Waals surface area contributed by atoms with Gasteiger partial charge in [-0.05, 0) is 26.0 Å². The standard InChI is InChI=1S/C12H13ClF3N3O/c1-11(2,13)19-9-5-4-7(20-3)6-8(9)17-10(18-19)12(14,15)16/h4-6H,1-3H3,(H,17,18). The summed E-state index contributed by atoms with van der Waals surface area (Å²) in [7, 11) is 1.43. The number of hydrogen-bond acceptors (Lipinski definition) is 4. The Morgan fingerprint density at radius 2 is 1.95 bits per heavy atom. The average molecular weight is 308 g/mol. The minimum Gasteiger partial charge on any atom is -0.497 e. The van der Waals surface area contributed by atoms with Crippen LogP contribution >= 0.6 is 11.6 Å². The minimum absolute atomic E-state index is 0.143. The fourth-order valence-electron chi connectivity index (χ4n) is 1.77. The smallest absolute Gasteiger partial charge is 0.450 e. The van der Waals surface area contributed by atoms with Crippen LogP contribution in [-0.4, -0.2) is 24.1 Å². The third-order valence-corrected chi connectivity index (χ3v) is 2.84. The molecular formula is C12H13ClF3N3O. The molecule has 0 atom stereocenters. The fourth-order valence-corrected chi connectivity index (χ4v) is 1.90. The van der Waals surface area contributed by atoms with Crippen molar-refractivity contribution in [2.24, 2.45) is 4.99 Å². The van der Waals surface area contributed by atoms with Crippen LogP contribution in [0.15, 0.2) is 23.2 Å². The summed E-state index contributed by atoms with van der Waals surface area (Å²) < 4.78 is 43.7. The highest BCUT2D eigenvalue weighted by Gasteiger charge is 2.42. The van der Waals surface area contributed by atoms with Gasteiger partial charge in [0.15, 0.2) is 0 Å². The van der Waals surface area contributed by atoms with Gasteiger partial charge in [-0.15, -0.1) is 0 Å². The number of fused-ring (bicyclic) bond motifs is 1. The Labute approximate surface area is 119 Å². The number of methoxy groups -OCH3 is 1. The Balaban J connectivity index is 2.57. The normalized spacial score (nSPS) is 15.3. The Kier molecular flexibility index (Phi) is 3.49. The van der Waals surface area contributed by atoms with Crippen LogP contribution in [0.25, 0.3) is 0 Å². The zero-order valence-corrected chi connectivity index (χ0v) is 11.8. The van der Waals surface area contributed by atoms with Crippen LogP contribution in [-0.2, 0) is 0 Å². The van der Waals surface area contributed by atoms with Crippen molar-refractivity contribution in [1.29, 1.82) is 0 Å². The lowest BCUT2D eigenvalue weighted by Crippen LogP contribution is -2.56. The van der Waals surface area contributed by atoms with Crippen molar-refractivity contribution in [3.63, 3.8) is 0 Å². The van der Waals surface area contributed by atoms with Crippen molar-refractivity contribution >= 4 is 28.8 Å². The molecular weight excluding hydrogens is 295 g/mol. The Morgan fingerprint density at radius 3 is 2.45 bits per heavy atom. The molecule has 0 aromatic heterocycles. The van der Waals surface area contributed by atoms with Crippen LogP contribution in [0.2, 0.25) is 0 Å². The van der Waals surface area contributed by atoms with E-state index in [9.17, 15) is 13.2 Å². The third-order valence-electron chi connectivity index (χ3n) is 2.67. The van der Waals surface area contributed by atoms with Gasteiger partial charge in [-0.25, -0.2) is 4.99 Å². The lowest BCUT2D eigenvalue weighted by molar-refractivity contribution is -0.0622. The summed E-state index contributed by atoms with van der Waals surface area (Å²) in [5.41, 5.74) is 2.80. The average Bonchev–Trinajstić information content (AvgIpc) is 2.34. The number of benzene rings is 1. The topological polar surface area (TPSA) is 36.9 Å². The molecule has 8 heteroatoms. The quantitative estimate of drug-likeness (QED) is 0.670. The minimum atomic E-state index is -4.60. The summed E-state index contributed by atoms with van der Waals surface area (Å²) in [6.45, 7) is 3.16. The molecule has 4 nitrogen and oxygen atoms in total. The maximum Gasteiger partial charge on any atom is 0.450 e. The predicted octanol–water partition coefficient (Wildman–Crippen LogP) is 3.59. The van der Waals surface area contributed by atoms with E-state index in [2.05, 4.69) is 10.4 Å². The summed E-state index contributed by atoms with van der Waals surface area (Å²) in [6, 6.07) is 4.66. The number of hydrogen-bond donors (Lipinski definition) is 1. The molecule has 1 aliphatic rings. The second kappa shape index (κ2) is 4.73. The van der Waals surface area contributed by atoms with Gasteiger partial charge >= 0.3 is 6.18 Å². The van der Waals surface area contributed by atoms with E-state index in [0.717, 1.165) is 0 Å². The van der Waals surface area contributed by atoms with Gasteiger partial charge < -0.3 is 4.74 Å². The first-order valence-corrected chi connectivity index (χ1v) is 6.10. The van der Waals surface area contributed by atoms with E-state index in [1.54, 1.807) is 26.0 Å². The maximum absolute atomic E-state index is 12.9. The molecule has 110 valence electrons.